The first-order valence-electron chi connectivity index (χ1n) is 9.90. The molecule has 28 heavy (non-hydrogen) atoms. The Labute approximate surface area is 165 Å². The lowest BCUT2D eigenvalue weighted by Crippen LogP contribution is -2.36. The van der Waals surface area contributed by atoms with Gasteiger partial charge in [0.1, 0.15) is 11.6 Å². The van der Waals surface area contributed by atoms with Crippen molar-refractivity contribution in [3.05, 3.63) is 94.6 Å². The molecular weight excluding hydrogens is 352 g/mol. The van der Waals surface area contributed by atoms with Crippen LogP contribution in [0.15, 0.2) is 60.7 Å². The highest BCUT2D eigenvalue weighted by atomic mass is 19.1. The van der Waals surface area contributed by atoms with Gasteiger partial charge in [-0.25, -0.2) is 8.78 Å². The van der Waals surface area contributed by atoms with Crippen LogP contribution < -0.4 is 4.90 Å². The molecule has 4 rings (SSSR count). The monoisotopic (exact) mass is 377 g/mol. The van der Waals surface area contributed by atoms with E-state index in [4.69, 9.17) is 0 Å². The van der Waals surface area contributed by atoms with Gasteiger partial charge in [-0.15, -0.1) is 0 Å². The summed E-state index contributed by atoms with van der Waals surface area (Å²) in [6.45, 7) is 3.96. The molecule has 3 aromatic rings. The van der Waals surface area contributed by atoms with Crippen molar-refractivity contribution < 1.29 is 8.78 Å². The Bertz CT molecular complexity index is 978. The smallest absolute Gasteiger partial charge is 0.126 e. The maximum atomic E-state index is 14.3. The van der Waals surface area contributed by atoms with Crippen molar-refractivity contribution in [1.82, 2.24) is 0 Å². The third-order valence-electron chi connectivity index (χ3n) is 5.69. The van der Waals surface area contributed by atoms with E-state index in [2.05, 4.69) is 36.1 Å². The molecule has 0 spiro atoms. The summed E-state index contributed by atoms with van der Waals surface area (Å²) in [5, 5.41) is 0. The zero-order valence-corrected chi connectivity index (χ0v) is 16.4. The van der Waals surface area contributed by atoms with Gasteiger partial charge in [0.05, 0.1) is 0 Å². The molecule has 1 aliphatic heterocycles. The summed E-state index contributed by atoms with van der Waals surface area (Å²) in [5.74, 6) is -0.356. The minimum Gasteiger partial charge on any atom is -0.338 e. The molecule has 1 nitrogen and oxygen atoms in total. The third kappa shape index (κ3) is 3.80. The van der Waals surface area contributed by atoms with Gasteiger partial charge in [-0.3, -0.25) is 0 Å². The summed E-state index contributed by atoms with van der Waals surface area (Å²) in [7, 11) is 0. The molecular formula is C25H25F2N. The minimum atomic E-state index is -0.221. The second kappa shape index (κ2) is 7.75. The quantitative estimate of drug-likeness (QED) is 0.491. The molecule has 0 aliphatic carbocycles. The van der Waals surface area contributed by atoms with E-state index < -0.39 is 0 Å². The molecule has 0 saturated carbocycles. The minimum absolute atomic E-state index is 0.135. The zero-order chi connectivity index (χ0) is 19.7. The van der Waals surface area contributed by atoms with Crippen LogP contribution in [0.4, 0.5) is 20.2 Å². The molecule has 1 atom stereocenters. The number of benzene rings is 3. The first-order valence-corrected chi connectivity index (χ1v) is 9.90. The summed E-state index contributed by atoms with van der Waals surface area (Å²) < 4.78 is 28.3. The second-order valence-electron chi connectivity index (χ2n) is 7.80. The van der Waals surface area contributed by atoms with Crippen LogP contribution in [0.2, 0.25) is 0 Å². The molecule has 3 aromatic carbocycles. The SMILES string of the molecule is Cc1ccc(N2c3cc(F)ccc3CC[C@H]2CCc2ccc(C)cc2F)cc1. The summed E-state index contributed by atoms with van der Waals surface area (Å²) in [6.07, 6.45) is 3.38. The first kappa shape index (κ1) is 18.7. The van der Waals surface area contributed by atoms with Crippen LogP contribution in [0.5, 0.6) is 0 Å². The van der Waals surface area contributed by atoms with E-state index >= 15 is 0 Å². The van der Waals surface area contributed by atoms with Gasteiger partial charge in [-0.05, 0) is 86.6 Å². The highest BCUT2D eigenvalue weighted by Gasteiger charge is 2.28. The van der Waals surface area contributed by atoms with Crippen molar-refractivity contribution in [3.63, 3.8) is 0 Å². The van der Waals surface area contributed by atoms with Crippen LogP contribution in [0.3, 0.4) is 0 Å². The van der Waals surface area contributed by atoms with Crippen LogP contribution >= 0.6 is 0 Å². The molecule has 1 aliphatic rings. The Balaban J connectivity index is 1.66. The number of hydrogen-bond acceptors (Lipinski definition) is 1. The van der Waals surface area contributed by atoms with Gasteiger partial charge in [0, 0.05) is 17.4 Å². The lowest BCUT2D eigenvalue weighted by Gasteiger charge is -2.39. The number of aryl methyl sites for hydroxylation is 4. The van der Waals surface area contributed by atoms with E-state index in [1.54, 1.807) is 12.1 Å². The maximum absolute atomic E-state index is 14.3. The van der Waals surface area contributed by atoms with Gasteiger partial charge in [-0.1, -0.05) is 35.9 Å². The molecule has 0 unspecified atom stereocenters. The molecule has 0 saturated heterocycles. The van der Waals surface area contributed by atoms with Crippen LogP contribution in [-0.4, -0.2) is 6.04 Å². The van der Waals surface area contributed by atoms with E-state index in [1.807, 2.05) is 25.1 Å². The lowest BCUT2D eigenvalue weighted by atomic mass is 9.91. The predicted octanol–water partition coefficient (Wildman–Crippen LogP) is 6.67. The topological polar surface area (TPSA) is 3.24 Å². The average Bonchev–Trinajstić information content (AvgIpc) is 2.67. The Morgan fingerprint density at radius 1 is 0.893 bits per heavy atom. The molecule has 0 N–H and O–H groups in total. The van der Waals surface area contributed by atoms with E-state index in [0.717, 1.165) is 41.8 Å². The number of anilines is 2. The predicted molar refractivity (Wildman–Crippen MR) is 111 cm³/mol. The number of halogens is 2. The van der Waals surface area contributed by atoms with Gasteiger partial charge >= 0.3 is 0 Å². The standard InChI is InChI=1S/C25H25F2N/c1-17-4-11-22(12-5-17)28-23(13-8-19-6-3-18(2)15-24(19)27)14-9-20-7-10-21(26)16-25(20)28/h3-7,10-12,15-16,23H,8-9,13-14H2,1-2H3/t23-/m1/s1. The Kier molecular flexibility index (Phi) is 5.17. The fraction of sp³-hybridized carbons (Fsp3) is 0.280. The maximum Gasteiger partial charge on any atom is 0.126 e. The third-order valence-corrected chi connectivity index (χ3v) is 5.69. The van der Waals surface area contributed by atoms with Crippen molar-refractivity contribution >= 4 is 11.4 Å². The molecule has 3 heteroatoms. The summed E-state index contributed by atoms with van der Waals surface area (Å²) in [6, 6.07) is 19.1. The highest BCUT2D eigenvalue weighted by Crippen LogP contribution is 2.39. The Hall–Kier alpha value is -2.68. The van der Waals surface area contributed by atoms with Crippen molar-refractivity contribution in [2.24, 2.45) is 0 Å². The Morgan fingerprint density at radius 2 is 1.64 bits per heavy atom. The van der Waals surface area contributed by atoms with Crippen molar-refractivity contribution in [3.8, 4) is 0 Å². The van der Waals surface area contributed by atoms with Gasteiger partial charge < -0.3 is 4.90 Å². The number of rotatable bonds is 4. The second-order valence-corrected chi connectivity index (χ2v) is 7.80. The fourth-order valence-corrected chi connectivity index (χ4v) is 4.13. The lowest BCUT2D eigenvalue weighted by molar-refractivity contribution is 0.523. The van der Waals surface area contributed by atoms with Crippen LogP contribution in [0, 0.1) is 25.5 Å². The number of nitrogens with zero attached hydrogens (tertiary/aromatic N) is 1. The van der Waals surface area contributed by atoms with E-state index in [-0.39, 0.29) is 17.7 Å². The molecule has 144 valence electrons. The molecule has 0 bridgehead atoms. The van der Waals surface area contributed by atoms with Crippen LogP contribution in [0.1, 0.15) is 35.1 Å². The van der Waals surface area contributed by atoms with E-state index in [1.165, 1.54) is 17.2 Å². The van der Waals surface area contributed by atoms with Crippen molar-refractivity contribution in [2.75, 3.05) is 4.90 Å². The zero-order valence-electron chi connectivity index (χ0n) is 16.4. The average molecular weight is 377 g/mol. The molecule has 1 heterocycles. The summed E-state index contributed by atoms with van der Waals surface area (Å²) >= 11 is 0. The summed E-state index contributed by atoms with van der Waals surface area (Å²) in [5.41, 5.74) is 6.04. The van der Waals surface area contributed by atoms with Crippen molar-refractivity contribution in [1.29, 1.82) is 0 Å². The molecule has 0 amide bonds. The van der Waals surface area contributed by atoms with Crippen LogP contribution in [-0.2, 0) is 12.8 Å². The van der Waals surface area contributed by atoms with E-state index in [9.17, 15) is 8.78 Å². The van der Waals surface area contributed by atoms with Gasteiger partial charge in [0.25, 0.3) is 0 Å². The van der Waals surface area contributed by atoms with Crippen molar-refractivity contribution in [2.45, 2.75) is 45.6 Å². The largest absolute Gasteiger partial charge is 0.338 e. The van der Waals surface area contributed by atoms with E-state index in [0.29, 0.717) is 6.42 Å². The van der Waals surface area contributed by atoms with Gasteiger partial charge in [-0.2, -0.15) is 0 Å². The highest BCUT2D eigenvalue weighted by molar-refractivity contribution is 5.69. The fourth-order valence-electron chi connectivity index (χ4n) is 4.13. The van der Waals surface area contributed by atoms with Crippen LogP contribution in [0.25, 0.3) is 0 Å². The molecule has 0 fully saturated rings. The number of hydrogen-bond donors (Lipinski definition) is 0. The first-order chi connectivity index (χ1) is 13.5. The van der Waals surface area contributed by atoms with Gasteiger partial charge in [0.2, 0.25) is 0 Å². The molecule has 0 aromatic heterocycles. The summed E-state index contributed by atoms with van der Waals surface area (Å²) in [4.78, 5) is 2.24. The normalized spacial score (nSPS) is 16.1. The van der Waals surface area contributed by atoms with Gasteiger partial charge in [0.15, 0.2) is 0 Å². The Morgan fingerprint density at radius 3 is 2.39 bits per heavy atom. The number of fused-ring (bicyclic) bond motifs is 1. The molecule has 0 radical (unpaired) electrons.